The van der Waals surface area contributed by atoms with Crippen LogP contribution in [0.5, 0.6) is 0 Å². The van der Waals surface area contributed by atoms with E-state index in [-0.39, 0.29) is 0 Å². The van der Waals surface area contributed by atoms with Crippen LogP contribution in [0.1, 0.15) is 57.8 Å². The van der Waals surface area contributed by atoms with Crippen molar-refractivity contribution in [1.82, 2.24) is 4.90 Å². The molecule has 0 aromatic heterocycles. The van der Waals surface area contributed by atoms with E-state index >= 15 is 0 Å². The van der Waals surface area contributed by atoms with Crippen molar-refractivity contribution in [2.24, 2.45) is 5.92 Å². The number of carbonyl (C=O) groups excluding carboxylic acids is 1. The lowest BCUT2D eigenvalue weighted by atomic mass is 9.85. The van der Waals surface area contributed by atoms with Gasteiger partial charge in [0.15, 0.2) is 0 Å². The summed E-state index contributed by atoms with van der Waals surface area (Å²) in [7, 11) is 0. The first kappa shape index (κ1) is 12.5. The summed E-state index contributed by atoms with van der Waals surface area (Å²) in [5.74, 6) is 0.759. The average molecular weight is 251 g/mol. The summed E-state index contributed by atoms with van der Waals surface area (Å²) >= 11 is 0. The summed E-state index contributed by atoms with van der Waals surface area (Å²) in [6, 6.07) is 0.391. The number of hydrogen-bond acceptors (Lipinski definition) is 2. The van der Waals surface area contributed by atoms with Gasteiger partial charge in [0.2, 0.25) is 5.91 Å². The molecule has 3 rings (SSSR count). The van der Waals surface area contributed by atoms with Crippen LogP contribution in [0, 0.1) is 5.92 Å². The summed E-state index contributed by atoms with van der Waals surface area (Å²) in [5, 5.41) is 0. The molecular formula is C15H25NO2. The summed E-state index contributed by atoms with van der Waals surface area (Å²) < 4.78 is 5.86. The predicted octanol–water partition coefficient (Wildman–Crippen LogP) is 2.74. The number of morpholine rings is 1. The van der Waals surface area contributed by atoms with Crippen molar-refractivity contribution in [3.8, 4) is 0 Å². The molecule has 1 amide bonds. The van der Waals surface area contributed by atoms with Crippen molar-refractivity contribution < 1.29 is 9.53 Å². The molecule has 102 valence electrons. The van der Waals surface area contributed by atoms with E-state index < -0.39 is 0 Å². The Bertz CT molecular complexity index is 297. The fourth-order valence-corrected chi connectivity index (χ4v) is 3.95. The molecule has 0 bridgehead atoms. The normalized spacial score (nSPS) is 34.1. The Morgan fingerprint density at radius 1 is 0.944 bits per heavy atom. The highest BCUT2D eigenvalue weighted by molar-refractivity contribution is 5.79. The van der Waals surface area contributed by atoms with Gasteiger partial charge in [-0.25, -0.2) is 0 Å². The highest BCUT2D eigenvalue weighted by Gasteiger charge is 2.38. The van der Waals surface area contributed by atoms with E-state index in [9.17, 15) is 4.79 Å². The fraction of sp³-hybridized carbons (Fsp3) is 0.933. The molecule has 2 saturated carbocycles. The molecule has 3 fully saturated rings. The van der Waals surface area contributed by atoms with Gasteiger partial charge in [-0.2, -0.15) is 0 Å². The van der Waals surface area contributed by atoms with E-state index in [2.05, 4.69) is 4.90 Å². The van der Waals surface area contributed by atoms with Crippen molar-refractivity contribution in [1.29, 1.82) is 0 Å². The molecule has 3 heteroatoms. The van der Waals surface area contributed by atoms with Gasteiger partial charge in [-0.15, -0.1) is 0 Å². The van der Waals surface area contributed by atoms with Crippen LogP contribution >= 0.6 is 0 Å². The molecular weight excluding hydrogens is 226 g/mol. The third kappa shape index (κ3) is 2.42. The molecule has 0 aromatic carbocycles. The molecule has 0 spiro atoms. The van der Waals surface area contributed by atoms with Gasteiger partial charge in [-0.1, -0.05) is 32.1 Å². The topological polar surface area (TPSA) is 29.5 Å². The Kier molecular flexibility index (Phi) is 3.88. The number of ether oxygens (including phenoxy) is 1. The molecule has 0 unspecified atom stereocenters. The average Bonchev–Trinajstić information content (AvgIpc) is 2.47. The SMILES string of the molecule is O=C(C1CCCCC1)N1CCO[C@H]2CCCC[C@H]21. The van der Waals surface area contributed by atoms with Gasteiger partial charge in [0.25, 0.3) is 0 Å². The number of hydrogen-bond donors (Lipinski definition) is 0. The minimum Gasteiger partial charge on any atom is -0.374 e. The first-order valence-corrected chi connectivity index (χ1v) is 7.78. The van der Waals surface area contributed by atoms with Gasteiger partial charge in [0.05, 0.1) is 18.8 Å². The largest absolute Gasteiger partial charge is 0.374 e. The van der Waals surface area contributed by atoms with Crippen LogP contribution in [0.15, 0.2) is 0 Å². The van der Waals surface area contributed by atoms with Crippen LogP contribution in [0.2, 0.25) is 0 Å². The Balaban J connectivity index is 1.67. The van der Waals surface area contributed by atoms with Crippen molar-refractivity contribution in [2.75, 3.05) is 13.2 Å². The van der Waals surface area contributed by atoms with Gasteiger partial charge in [0, 0.05) is 12.5 Å². The Hall–Kier alpha value is -0.570. The molecule has 0 N–H and O–H groups in total. The summed E-state index contributed by atoms with van der Waals surface area (Å²) in [4.78, 5) is 14.9. The lowest BCUT2D eigenvalue weighted by Crippen LogP contribution is -2.56. The molecule has 18 heavy (non-hydrogen) atoms. The predicted molar refractivity (Wildman–Crippen MR) is 70.3 cm³/mol. The van der Waals surface area contributed by atoms with E-state index in [4.69, 9.17) is 4.74 Å². The first-order chi connectivity index (χ1) is 8.86. The van der Waals surface area contributed by atoms with E-state index in [0.717, 1.165) is 38.8 Å². The number of carbonyl (C=O) groups is 1. The zero-order chi connectivity index (χ0) is 12.4. The lowest BCUT2D eigenvalue weighted by molar-refractivity contribution is -0.154. The zero-order valence-electron chi connectivity index (χ0n) is 11.3. The van der Waals surface area contributed by atoms with Gasteiger partial charge >= 0.3 is 0 Å². The monoisotopic (exact) mass is 251 g/mol. The Morgan fingerprint density at radius 2 is 1.67 bits per heavy atom. The van der Waals surface area contributed by atoms with Crippen molar-refractivity contribution in [3.05, 3.63) is 0 Å². The molecule has 0 radical (unpaired) electrons. The first-order valence-electron chi connectivity index (χ1n) is 7.78. The molecule has 3 nitrogen and oxygen atoms in total. The second-order valence-electron chi connectivity index (χ2n) is 6.13. The van der Waals surface area contributed by atoms with E-state index in [0.29, 0.717) is 24.0 Å². The third-order valence-electron chi connectivity index (χ3n) is 4.97. The minimum atomic E-state index is 0.319. The maximum absolute atomic E-state index is 12.7. The number of fused-ring (bicyclic) bond motifs is 1. The smallest absolute Gasteiger partial charge is 0.226 e. The standard InChI is InChI=1S/C15H25NO2/c17-15(12-6-2-1-3-7-12)16-10-11-18-14-9-5-4-8-13(14)16/h12-14H,1-11H2/t13-,14+/m1/s1. The van der Waals surface area contributed by atoms with Crippen LogP contribution in [0.25, 0.3) is 0 Å². The second kappa shape index (κ2) is 5.60. The Morgan fingerprint density at radius 3 is 2.50 bits per heavy atom. The summed E-state index contributed by atoms with van der Waals surface area (Å²) in [6.07, 6.45) is 11.2. The quantitative estimate of drug-likeness (QED) is 0.717. The van der Waals surface area contributed by atoms with Gasteiger partial charge < -0.3 is 9.64 Å². The fourth-order valence-electron chi connectivity index (χ4n) is 3.95. The van der Waals surface area contributed by atoms with E-state index in [1.807, 2.05) is 0 Å². The van der Waals surface area contributed by atoms with Crippen molar-refractivity contribution in [3.63, 3.8) is 0 Å². The van der Waals surface area contributed by atoms with Crippen LogP contribution in [0.3, 0.4) is 0 Å². The highest BCUT2D eigenvalue weighted by atomic mass is 16.5. The van der Waals surface area contributed by atoms with Crippen LogP contribution in [0.4, 0.5) is 0 Å². The number of amides is 1. The lowest BCUT2D eigenvalue weighted by Gasteiger charge is -2.45. The van der Waals surface area contributed by atoms with Crippen molar-refractivity contribution in [2.45, 2.75) is 69.9 Å². The molecule has 1 heterocycles. The minimum absolute atomic E-state index is 0.319. The van der Waals surface area contributed by atoms with Crippen molar-refractivity contribution >= 4 is 5.91 Å². The Labute approximate surface area is 110 Å². The summed E-state index contributed by atoms with van der Waals surface area (Å²) in [5.41, 5.74) is 0. The number of rotatable bonds is 1. The zero-order valence-corrected chi connectivity index (χ0v) is 11.3. The van der Waals surface area contributed by atoms with Gasteiger partial charge in [0.1, 0.15) is 0 Å². The van der Waals surface area contributed by atoms with E-state index in [1.54, 1.807) is 0 Å². The molecule has 2 aliphatic carbocycles. The van der Waals surface area contributed by atoms with Crippen LogP contribution < -0.4 is 0 Å². The molecule has 1 saturated heterocycles. The van der Waals surface area contributed by atoms with Crippen LogP contribution in [-0.2, 0) is 9.53 Å². The molecule has 3 aliphatic rings. The van der Waals surface area contributed by atoms with Gasteiger partial charge in [-0.05, 0) is 25.7 Å². The highest BCUT2D eigenvalue weighted by Crippen LogP contribution is 2.32. The third-order valence-corrected chi connectivity index (χ3v) is 4.97. The molecule has 2 atom stereocenters. The maximum atomic E-state index is 12.7. The molecule has 0 aromatic rings. The second-order valence-corrected chi connectivity index (χ2v) is 6.13. The van der Waals surface area contributed by atoms with Gasteiger partial charge in [-0.3, -0.25) is 4.79 Å². The molecule has 1 aliphatic heterocycles. The summed E-state index contributed by atoms with van der Waals surface area (Å²) in [6.45, 7) is 1.58. The van der Waals surface area contributed by atoms with E-state index in [1.165, 1.54) is 32.1 Å². The van der Waals surface area contributed by atoms with Crippen LogP contribution in [-0.4, -0.2) is 36.1 Å². The maximum Gasteiger partial charge on any atom is 0.226 e. The number of nitrogens with zero attached hydrogens (tertiary/aromatic N) is 1.